The van der Waals surface area contributed by atoms with Gasteiger partial charge in [-0.25, -0.2) is 18.6 Å². The summed E-state index contributed by atoms with van der Waals surface area (Å²) in [7, 11) is -3.80. The maximum atomic E-state index is 16.3. The number of amides is 2. The molecule has 1 aromatic heterocycles. The van der Waals surface area contributed by atoms with Crippen LogP contribution in [0.1, 0.15) is 51.4 Å². The first-order chi connectivity index (χ1) is 19.9. The zero-order valence-corrected chi connectivity index (χ0v) is 25.8. The smallest absolute Gasteiger partial charge is 0.410 e. The van der Waals surface area contributed by atoms with E-state index in [1.165, 1.54) is 34.1 Å². The van der Waals surface area contributed by atoms with Gasteiger partial charge in [0.2, 0.25) is 0 Å². The molecule has 3 aliphatic heterocycles. The number of rotatable bonds is 4. The Bertz CT molecular complexity index is 1560. The number of carbonyl (C=O) groups is 2. The van der Waals surface area contributed by atoms with Crippen molar-refractivity contribution in [2.45, 2.75) is 64.3 Å². The van der Waals surface area contributed by atoms with E-state index in [4.69, 9.17) is 13.7 Å². The molecule has 2 aromatic rings. The summed E-state index contributed by atoms with van der Waals surface area (Å²) in [5.41, 5.74) is -2.13. The average molecular weight is 623 g/mol. The predicted octanol–water partition coefficient (Wildman–Crippen LogP) is 3.81. The fourth-order valence-electron chi connectivity index (χ4n) is 5.83. The Kier molecular flexibility index (Phi) is 7.83. The van der Waals surface area contributed by atoms with Crippen molar-refractivity contribution in [2.75, 3.05) is 43.9 Å². The third-order valence-electron chi connectivity index (χ3n) is 7.64. The minimum atomic E-state index is -3.80. The summed E-state index contributed by atoms with van der Waals surface area (Å²) in [4.78, 5) is 36.2. The molecule has 234 valence electrons. The molecule has 2 fully saturated rings. The van der Waals surface area contributed by atoms with E-state index in [1.54, 1.807) is 25.7 Å². The van der Waals surface area contributed by atoms with Crippen molar-refractivity contribution in [3.8, 4) is 17.0 Å². The van der Waals surface area contributed by atoms with Crippen LogP contribution >= 0.6 is 0 Å². The third kappa shape index (κ3) is 6.26. The van der Waals surface area contributed by atoms with Gasteiger partial charge in [0.15, 0.2) is 11.6 Å². The summed E-state index contributed by atoms with van der Waals surface area (Å²) < 4.78 is 71.9. The zero-order valence-electron chi connectivity index (χ0n) is 25.0. The van der Waals surface area contributed by atoms with Crippen molar-refractivity contribution < 1.29 is 40.4 Å². The largest absolute Gasteiger partial charge is 0.487 e. The number of ether oxygens (including phenoxy) is 2. The minimum Gasteiger partial charge on any atom is -0.487 e. The zero-order chi connectivity index (χ0) is 31.5. The Morgan fingerprint density at radius 2 is 1.84 bits per heavy atom. The molecule has 3 aliphatic rings. The highest BCUT2D eigenvalue weighted by molar-refractivity contribution is 7.86. The molecule has 14 heteroatoms. The second kappa shape index (κ2) is 10.9. The topological polar surface area (TPSA) is 119 Å². The van der Waals surface area contributed by atoms with Crippen LogP contribution in [0.2, 0.25) is 0 Å². The molecule has 2 saturated heterocycles. The molecule has 2 amide bonds. The molecular formula is C29H36F2N4O7S. The van der Waals surface area contributed by atoms with Crippen LogP contribution in [0.5, 0.6) is 5.75 Å². The molecule has 2 atom stereocenters. The fraction of sp³-hybridized carbons (Fsp3) is 0.552. The van der Waals surface area contributed by atoms with Gasteiger partial charge in [-0.1, -0.05) is 12.1 Å². The van der Waals surface area contributed by atoms with Crippen LogP contribution in [0.25, 0.3) is 11.3 Å². The van der Waals surface area contributed by atoms with E-state index in [9.17, 15) is 22.4 Å². The van der Waals surface area contributed by atoms with E-state index in [1.807, 2.05) is 13.8 Å². The van der Waals surface area contributed by atoms with Gasteiger partial charge >= 0.3 is 6.09 Å². The molecule has 0 spiro atoms. The number of piperazine rings is 1. The lowest BCUT2D eigenvalue weighted by Crippen LogP contribution is -2.58. The van der Waals surface area contributed by atoms with Gasteiger partial charge in [0.25, 0.3) is 16.0 Å². The number of halogens is 2. The van der Waals surface area contributed by atoms with Crippen molar-refractivity contribution in [1.29, 1.82) is 0 Å². The number of hydrogen-bond donors (Lipinski definition) is 0. The molecule has 11 nitrogen and oxygen atoms in total. The quantitative estimate of drug-likeness (QED) is 0.469. The number of carbonyl (C=O) groups excluding carboxylic acids is 2. The molecule has 0 N–H and O–H groups in total. The standard InChI is InChI=1S/C29H36F2N4O7S/c1-28(2,3)41-27(37)33-11-12-34-17(14-33)16-40-24-21(26(34)36)25(32-23(22(24)31)19-9-7-8-10-20(19)30)35-15-18(13-29(35,4)5)42-43(6,38)39/h7-10,17-18H,11-16H2,1-6H3/t17-,18?/m1/s1. The maximum absolute atomic E-state index is 16.3. The number of pyridine rings is 1. The van der Waals surface area contributed by atoms with Gasteiger partial charge in [-0.3, -0.25) is 8.98 Å². The van der Waals surface area contributed by atoms with Gasteiger partial charge in [0, 0.05) is 37.3 Å². The van der Waals surface area contributed by atoms with Crippen LogP contribution < -0.4 is 9.64 Å². The van der Waals surface area contributed by atoms with Crippen LogP contribution in [0, 0.1) is 11.6 Å². The number of hydrogen-bond acceptors (Lipinski definition) is 9. The Balaban J connectivity index is 1.60. The molecule has 43 heavy (non-hydrogen) atoms. The normalized spacial score (nSPS) is 22.0. The molecule has 0 saturated carbocycles. The predicted molar refractivity (Wildman–Crippen MR) is 153 cm³/mol. The van der Waals surface area contributed by atoms with Gasteiger partial charge in [-0.2, -0.15) is 8.42 Å². The van der Waals surface area contributed by atoms with Crippen LogP contribution in [0.15, 0.2) is 24.3 Å². The second-order valence-corrected chi connectivity index (χ2v) is 14.3. The summed E-state index contributed by atoms with van der Waals surface area (Å²) in [6.45, 7) is 9.20. The summed E-state index contributed by atoms with van der Waals surface area (Å²) in [6, 6.07) is 4.93. The highest BCUT2D eigenvalue weighted by Gasteiger charge is 2.47. The summed E-state index contributed by atoms with van der Waals surface area (Å²) in [6.07, 6.45) is -0.0890. The van der Waals surface area contributed by atoms with Crippen LogP contribution in [-0.2, 0) is 19.0 Å². The third-order valence-corrected chi connectivity index (χ3v) is 8.27. The van der Waals surface area contributed by atoms with Crippen molar-refractivity contribution in [3.63, 3.8) is 0 Å². The van der Waals surface area contributed by atoms with Gasteiger partial charge < -0.3 is 24.2 Å². The highest BCUT2D eigenvalue weighted by atomic mass is 32.2. The molecule has 5 rings (SSSR count). The number of nitrogens with zero attached hydrogens (tertiary/aromatic N) is 4. The van der Waals surface area contributed by atoms with Gasteiger partial charge in [0.05, 0.1) is 18.4 Å². The van der Waals surface area contributed by atoms with Crippen LogP contribution in [-0.4, -0.2) is 97.5 Å². The maximum Gasteiger partial charge on any atom is 0.410 e. The highest BCUT2D eigenvalue weighted by Crippen LogP contribution is 2.44. The molecule has 0 aliphatic carbocycles. The van der Waals surface area contributed by atoms with E-state index < -0.39 is 57.0 Å². The van der Waals surface area contributed by atoms with E-state index in [-0.39, 0.29) is 67.6 Å². The SMILES string of the molecule is CC(C)(C)OC(=O)N1CCN2C(=O)c3c(N4CC(OS(C)(=O)=O)CC4(C)C)nc(-c4ccccc4F)c(F)c3OC[C@H]2C1. The number of fused-ring (bicyclic) bond motifs is 2. The average Bonchev–Trinajstić information content (AvgIpc) is 3.09. The Hall–Kier alpha value is -3.52. The van der Waals surface area contributed by atoms with E-state index in [0.717, 1.165) is 6.26 Å². The summed E-state index contributed by atoms with van der Waals surface area (Å²) in [5.74, 6) is -2.63. The van der Waals surface area contributed by atoms with Crippen molar-refractivity contribution in [3.05, 3.63) is 41.5 Å². The molecule has 0 radical (unpaired) electrons. The first-order valence-corrected chi connectivity index (χ1v) is 15.8. The monoisotopic (exact) mass is 622 g/mol. The van der Waals surface area contributed by atoms with Gasteiger partial charge in [-0.05, 0) is 53.2 Å². The van der Waals surface area contributed by atoms with Crippen LogP contribution in [0.4, 0.5) is 19.4 Å². The lowest BCUT2D eigenvalue weighted by atomic mass is 10.00. The first-order valence-electron chi connectivity index (χ1n) is 14.0. The molecule has 4 heterocycles. The van der Waals surface area contributed by atoms with Gasteiger partial charge in [0.1, 0.15) is 35.1 Å². The van der Waals surface area contributed by atoms with Crippen molar-refractivity contribution in [2.24, 2.45) is 0 Å². The Labute approximate surface area is 249 Å². The molecule has 0 bridgehead atoms. The summed E-state index contributed by atoms with van der Waals surface area (Å²) in [5, 5.41) is 0. The van der Waals surface area contributed by atoms with Gasteiger partial charge in [-0.15, -0.1) is 0 Å². The van der Waals surface area contributed by atoms with E-state index in [0.29, 0.717) is 0 Å². The fourth-order valence-corrected chi connectivity index (χ4v) is 6.46. The molecule has 1 unspecified atom stereocenters. The number of anilines is 1. The van der Waals surface area contributed by atoms with Crippen molar-refractivity contribution >= 4 is 27.9 Å². The number of benzene rings is 1. The lowest BCUT2D eigenvalue weighted by Gasteiger charge is -2.40. The second-order valence-electron chi connectivity index (χ2n) is 12.7. The first kappa shape index (κ1) is 30.9. The van der Waals surface area contributed by atoms with E-state index in [2.05, 4.69) is 4.98 Å². The van der Waals surface area contributed by atoms with Crippen molar-refractivity contribution in [1.82, 2.24) is 14.8 Å². The lowest BCUT2D eigenvalue weighted by molar-refractivity contribution is 0.000863. The molecular weight excluding hydrogens is 586 g/mol. The summed E-state index contributed by atoms with van der Waals surface area (Å²) >= 11 is 0. The van der Waals surface area contributed by atoms with E-state index >= 15 is 4.39 Å². The van der Waals surface area contributed by atoms with Crippen LogP contribution in [0.3, 0.4) is 0 Å². The molecule has 1 aromatic carbocycles. The Morgan fingerprint density at radius 1 is 1.14 bits per heavy atom. The number of aromatic nitrogens is 1. The Morgan fingerprint density at radius 3 is 2.49 bits per heavy atom. The minimum absolute atomic E-state index is 0.0188.